The molecule has 0 atom stereocenters. The number of anilines is 2. The normalized spacial score (nSPS) is 13.1. The van der Waals surface area contributed by atoms with Gasteiger partial charge in [0.15, 0.2) is 0 Å². The first kappa shape index (κ1) is 96.1. The summed E-state index contributed by atoms with van der Waals surface area (Å²) in [7, 11) is -13.6. The Morgan fingerprint density at radius 3 is 0.600 bits per heavy atom. The standard InChI is InChI=1S/C88H90N2O36S4/c1-107-27-31-111-35-39-115-43-47-119-67-7-5-8-68(120-48-44-116-40-36-112-32-28-108-2)83(67)89-85(91)63-51-71(123-55-11-19-59(20-12-55)127(95,96)97)77-79-73(125-57-15-23-61(24-16-57)129(101,102)103)53-65-76-66(88(94)90(87(65)93)84-69(121-49-45-117-41-37-113-33-29-109-3)9-6-10-70(84)122-50-46-118-42-38-114-34-30-110-4)54-74(126-58-17-25-62(26-18-58)130(104,105)106)80(82(76)79)78-72(52-64(86(89)92)75(63)81(77)78)124-56-13-21-60(22-14-56)128(98,99)100/h5-26,51-54H,27-50H2,1-4H3,(H,95,96,97)(H,98,99,100)(H,101,102,103)(H,104,105,106). The molecule has 0 saturated carbocycles. The Morgan fingerprint density at radius 1 is 0.231 bits per heavy atom. The Kier molecular flexibility index (Phi) is 32.5. The zero-order valence-electron chi connectivity index (χ0n) is 70.4. The molecule has 11 aromatic rings. The number of amides is 4. The molecule has 42 heteroatoms. The Labute approximate surface area is 745 Å². The van der Waals surface area contributed by atoms with E-state index in [0.29, 0.717) is 26.4 Å². The number of carbonyl (C=O) groups is 4. The molecule has 0 aliphatic carbocycles. The van der Waals surface area contributed by atoms with E-state index in [0.717, 1.165) is 107 Å². The first-order chi connectivity index (χ1) is 62.6. The molecule has 4 N–H and O–H groups in total. The van der Waals surface area contributed by atoms with Gasteiger partial charge in [-0.25, -0.2) is 9.80 Å². The fourth-order valence-corrected chi connectivity index (χ4v) is 16.0. The van der Waals surface area contributed by atoms with Crippen LogP contribution in [-0.2, 0) is 97.3 Å². The van der Waals surface area contributed by atoms with Crippen molar-refractivity contribution in [2.45, 2.75) is 19.6 Å². The fraction of sp³-hybridized carbons (Fsp3) is 0.318. The molecule has 0 unspecified atom stereocenters. The molecule has 2 aliphatic rings. The van der Waals surface area contributed by atoms with Gasteiger partial charge in [-0.05, 0) is 146 Å². The van der Waals surface area contributed by atoms with Gasteiger partial charge in [-0.15, -0.1) is 0 Å². The molecule has 0 fully saturated rings. The number of imide groups is 2. The average Bonchev–Trinajstić information content (AvgIpc) is 0.668. The minimum absolute atomic E-state index is 0.0693. The summed E-state index contributed by atoms with van der Waals surface area (Å²) in [6.45, 7) is 2.51. The van der Waals surface area contributed by atoms with Crippen molar-refractivity contribution in [2.75, 3.05) is 197 Å². The number of hydrogen-bond donors (Lipinski definition) is 4. The van der Waals surface area contributed by atoms with E-state index >= 15 is 19.2 Å². The molecular formula is C88H90N2O36S4. The third kappa shape index (κ3) is 22.9. The van der Waals surface area contributed by atoms with E-state index in [1.54, 1.807) is 0 Å². The molecule has 0 saturated heterocycles. The summed E-state index contributed by atoms with van der Waals surface area (Å²) in [4.78, 5) is 66.4. The largest absolute Gasteiger partial charge is 0.489 e. The van der Waals surface area contributed by atoms with Gasteiger partial charge in [0.1, 0.15) is 107 Å². The fourth-order valence-electron chi connectivity index (χ4n) is 14.1. The molecule has 4 amide bonds. The number of ether oxygens (including phenoxy) is 20. The van der Waals surface area contributed by atoms with Gasteiger partial charge in [0.2, 0.25) is 0 Å². The lowest BCUT2D eigenvalue weighted by Gasteiger charge is -2.33. The van der Waals surface area contributed by atoms with Crippen molar-refractivity contribution in [1.82, 2.24) is 0 Å². The summed E-state index contributed by atoms with van der Waals surface area (Å²) in [5.41, 5.74) is -2.08. The first-order valence-corrected chi connectivity index (χ1v) is 45.9. The third-order valence-corrected chi connectivity index (χ3v) is 23.3. The summed E-state index contributed by atoms with van der Waals surface area (Å²) < 4.78 is 263. The lowest BCUT2D eigenvalue weighted by atomic mass is 9.80. The van der Waals surface area contributed by atoms with Crippen LogP contribution in [0.5, 0.6) is 69.0 Å². The zero-order valence-corrected chi connectivity index (χ0v) is 73.6. The summed E-state index contributed by atoms with van der Waals surface area (Å²) >= 11 is 0. The molecular weight excluding hydrogens is 1790 g/mol. The van der Waals surface area contributed by atoms with E-state index in [2.05, 4.69) is 0 Å². The molecule has 0 radical (unpaired) electrons. The molecule has 11 aromatic carbocycles. The predicted octanol–water partition coefficient (Wildman–Crippen LogP) is 11.7. The highest BCUT2D eigenvalue weighted by Gasteiger charge is 2.45. The number of rotatable bonds is 54. The van der Waals surface area contributed by atoms with Crippen LogP contribution in [0.2, 0.25) is 0 Å². The van der Waals surface area contributed by atoms with E-state index < -0.39 is 107 Å². The monoisotopic (exact) mass is 1880 g/mol. The Morgan fingerprint density at radius 2 is 0.415 bits per heavy atom. The third-order valence-electron chi connectivity index (χ3n) is 19.8. The topological polar surface area (TPSA) is 477 Å². The van der Waals surface area contributed by atoms with Gasteiger partial charge in [-0.2, -0.15) is 33.7 Å². The molecule has 2 heterocycles. The molecule has 2 aliphatic heterocycles. The number of fused-ring (bicyclic) bond motifs is 2. The quantitative estimate of drug-likeness (QED) is 0.00904. The highest BCUT2D eigenvalue weighted by Crippen LogP contribution is 2.59. The maximum absolute atomic E-state index is 16.8. The zero-order chi connectivity index (χ0) is 92.3. The van der Waals surface area contributed by atoms with E-state index in [4.69, 9.17) is 94.7 Å². The van der Waals surface area contributed by atoms with Crippen LogP contribution < -0.4 is 47.7 Å². The van der Waals surface area contributed by atoms with Crippen LogP contribution >= 0.6 is 0 Å². The van der Waals surface area contributed by atoms with Crippen LogP contribution in [0.3, 0.4) is 0 Å². The Hall–Kier alpha value is -11.4. The summed E-state index contributed by atoms with van der Waals surface area (Å²) in [6.07, 6.45) is 0. The van der Waals surface area contributed by atoms with E-state index in [-0.39, 0.29) is 255 Å². The van der Waals surface area contributed by atoms with Crippen LogP contribution in [0.1, 0.15) is 41.4 Å². The maximum Gasteiger partial charge on any atom is 0.294 e. The van der Waals surface area contributed by atoms with Crippen molar-refractivity contribution >= 4 is 119 Å². The van der Waals surface area contributed by atoms with E-state index in [1.807, 2.05) is 0 Å². The minimum atomic E-state index is -4.92. The SMILES string of the molecule is COCCOCCOCCOc1cccc(OCCOCCOCCOC)c1N1C(=O)c2cc(Oc3ccc(S(=O)(=O)O)cc3)c3c4c(Oc5ccc(S(=O)(=O)O)cc5)cc5c6c(cc(Oc7ccc(S(=O)(=O)O)cc7)c(c7c(Oc8ccc(S(=O)(=O)O)cc8)cc(c2c37)C1=O)c64)C(=O)N(c1c(OCCOCCOCCOC)cccc1OCCOCCOCCOC)C5=O. The van der Waals surface area contributed by atoms with Crippen LogP contribution in [0.4, 0.5) is 11.4 Å². The van der Waals surface area contributed by atoms with Crippen LogP contribution in [0, 0.1) is 0 Å². The number of carbonyl (C=O) groups excluding carboxylic acids is 4. The number of hydrogen-bond acceptors (Lipinski definition) is 32. The first-order valence-electron chi connectivity index (χ1n) is 40.1. The number of benzene rings is 11. The van der Waals surface area contributed by atoms with Crippen molar-refractivity contribution in [3.8, 4) is 69.0 Å². The summed E-state index contributed by atoms with van der Waals surface area (Å²) in [5, 5.41) is -1.74. The number of para-hydroxylation sites is 2. The lowest BCUT2D eigenvalue weighted by Crippen LogP contribution is -2.41. The second kappa shape index (κ2) is 44.0. The number of nitrogens with zero attached hydrogens (tertiary/aromatic N) is 2. The smallest absolute Gasteiger partial charge is 0.294 e. The lowest BCUT2D eigenvalue weighted by molar-refractivity contribution is 0.0175. The maximum atomic E-state index is 16.8. The molecule has 0 aromatic heterocycles. The van der Waals surface area contributed by atoms with Gasteiger partial charge < -0.3 is 94.7 Å². The van der Waals surface area contributed by atoms with Crippen LogP contribution in [-0.4, -0.2) is 263 Å². The second-order valence-corrected chi connectivity index (χ2v) is 33.9. The number of methoxy groups -OCH3 is 4. The highest BCUT2D eigenvalue weighted by molar-refractivity contribution is 7.86. The second-order valence-electron chi connectivity index (χ2n) is 28.2. The molecule has 0 spiro atoms. The average molecular weight is 1880 g/mol. The summed E-state index contributed by atoms with van der Waals surface area (Å²) in [5.74, 6) is -7.53. The van der Waals surface area contributed by atoms with Crippen molar-refractivity contribution in [2.24, 2.45) is 0 Å². The van der Waals surface area contributed by atoms with Gasteiger partial charge in [0.05, 0.1) is 174 Å². The molecule has 692 valence electrons. The van der Waals surface area contributed by atoms with Crippen molar-refractivity contribution in [3.05, 3.63) is 180 Å². The molecule has 13 rings (SSSR count). The van der Waals surface area contributed by atoms with Crippen LogP contribution in [0.15, 0.2) is 177 Å². The van der Waals surface area contributed by atoms with Crippen molar-refractivity contribution < 1.29 is 166 Å². The van der Waals surface area contributed by atoms with Gasteiger partial charge in [0.25, 0.3) is 64.1 Å². The Balaban J connectivity index is 1.11. The van der Waals surface area contributed by atoms with Gasteiger partial charge >= 0.3 is 0 Å². The minimum Gasteiger partial charge on any atom is -0.489 e. The molecule has 0 bridgehead atoms. The van der Waals surface area contributed by atoms with Crippen molar-refractivity contribution in [1.29, 1.82) is 0 Å². The van der Waals surface area contributed by atoms with E-state index in [9.17, 15) is 51.9 Å². The Bertz CT molecular complexity index is 5620. The van der Waals surface area contributed by atoms with Crippen molar-refractivity contribution in [3.63, 3.8) is 0 Å². The van der Waals surface area contributed by atoms with Gasteiger partial charge in [0, 0.05) is 71.5 Å². The predicted molar refractivity (Wildman–Crippen MR) is 464 cm³/mol. The summed E-state index contributed by atoms with van der Waals surface area (Å²) in [6, 6.07) is 30.9. The van der Waals surface area contributed by atoms with E-state index in [1.165, 1.54) is 89.1 Å². The molecule has 38 nitrogen and oxygen atoms in total. The highest BCUT2D eigenvalue weighted by atomic mass is 32.2. The molecule has 130 heavy (non-hydrogen) atoms. The van der Waals surface area contributed by atoms with Gasteiger partial charge in [-0.1, -0.05) is 12.1 Å². The van der Waals surface area contributed by atoms with Gasteiger partial charge in [-0.3, -0.25) is 37.4 Å². The van der Waals surface area contributed by atoms with Crippen LogP contribution in [0.25, 0.3) is 43.1 Å².